The van der Waals surface area contributed by atoms with E-state index in [9.17, 15) is 22.8 Å². The van der Waals surface area contributed by atoms with E-state index in [0.29, 0.717) is 43.5 Å². The number of hydrogen-bond acceptors (Lipinski definition) is 6. The zero-order valence-corrected chi connectivity index (χ0v) is 18.3. The molecule has 7 nitrogen and oxygen atoms in total. The lowest BCUT2D eigenvalue weighted by molar-refractivity contribution is -0.137. The third kappa shape index (κ3) is 6.13. The number of pyridine rings is 1. The van der Waals surface area contributed by atoms with Crippen molar-refractivity contribution >= 4 is 35.1 Å². The van der Waals surface area contributed by atoms with Gasteiger partial charge in [0.1, 0.15) is 5.82 Å². The maximum atomic E-state index is 12.8. The summed E-state index contributed by atoms with van der Waals surface area (Å²) in [6.07, 6.45) is -2.20. The summed E-state index contributed by atoms with van der Waals surface area (Å²) in [5.74, 6) is 0.281. The lowest BCUT2D eigenvalue weighted by atomic mass is 10.2. The number of H-pyrrole nitrogens is 1. The number of alkyl halides is 3. The van der Waals surface area contributed by atoms with Gasteiger partial charge in [-0.1, -0.05) is 36.7 Å². The molecule has 31 heavy (non-hydrogen) atoms. The number of nitrogens with one attached hydrogen (secondary N) is 1. The number of carbonyl (C=O) groups excluding carboxylic acids is 1. The molecule has 12 heteroatoms. The molecule has 1 fully saturated rings. The van der Waals surface area contributed by atoms with Crippen molar-refractivity contribution < 1.29 is 18.0 Å². The van der Waals surface area contributed by atoms with Gasteiger partial charge in [0.25, 0.3) is 5.56 Å². The molecule has 0 atom stereocenters. The second kappa shape index (κ2) is 9.90. The summed E-state index contributed by atoms with van der Waals surface area (Å²) in [7, 11) is 0. The van der Waals surface area contributed by atoms with Crippen molar-refractivity contribution in [2.75, 3.05) is 36.8 Å². The predicted octanol–water partition coefficient (Wildman–Crippen LogP) is 3.23. The Kier molecular flexibility index (Phi) is 7.47. The first kappa shape index (κ1) is 23.4. The van der Waals surface area contributed by atoms with Gasteiger partial charge in [-0.25, -0.2) is 9.97 Å². The number of aryl methyl sites for hydroxylation is 1. The molecule has 1 aliphatic heterocycles. The Bertz CT molecular complexity index is 993. The maximum absolute atomic E-state index is 12.8. The van der Waals surface area contributed by atoms with Gasteiger partial charge in [-0.15, -0.1) is 0 Å². The predicted molar refractivity (Wildman–Crippen MR) is 113 cm³/mol. The minimum absolute atomic E-state index is 0.0767. The highest BCUT2D eigenvalue weighted by Gasteiger charge is 2.32. The number of anilines is 1. The normalized spacial score (nSPS) is 14.7. The Labute approximate surface area is 186 Å². The monoisotopic (exact) mass is 475 g/mol. The smallest absolute Gasteiger partial charge is 0.352 e. The SMILES string of the molecule is CCCc1cc(=O)[nH]c(SCC(=O)N2CCN(c3ncc(C(F)(F)F)cc3Cl)CC2)n1. The highest BCUT2D eigenvalue weighted by Crippen LogP contribution is 2.33. The van der Waals surface area contributed by atoms with Crippen molar-refractivity contribution in [3.8, 4) is 0 Å². The summed E-state index contributed by atoms with van der Waals surface area (Å²) in [4.78, 5) is 38.5. The molecule has 1 saturated heterocycles. The molecule has 0 radical (unpaired) electrons. The Morgan fingerprint density at radius 2 is 1.97 bits per heavy atom. The number of carbonyl (C=O) groups is 1. The topological polar surface area (TPSA) is 82.2 Å². The van der Waals surface area contributed by atoms with Crippen LogP contribution in [0.1, 0.15) is 24.6 Å². The van der Waals surface area contributed by atoms with Gasteiger partial charge in [0.2, 0.25) is 5.91 Å². The van der Waals surface area contributed by atoms with E-state index in [1.165, 1.54) is 17.8 Å². The molecule has 3 rings (SSSR count). The van der Waals surface area contributed by atoms with E-state index in [2.05, 4.69) is 15.0 Å². The molecule has 1 N–H and O–H groups in total. The van der Waals surface area contributed by atoms with E-state index in [-0.39, 0.29) is 28.1 Å². The fourth-order valence-corrected chi connectivity index (χ4v) is 4.23. The third-order valence-corrected chi connectivity index (χ3v) is 5.83. The molecule has 0 aromatic carbocycles. The van der Waals surface area contributed by atoms with Crippen molar-refractivity contribution in [2.24, 2.45) is 0 Å². The van der Waals surface area contributed by atoms with E-state index in [1.807, 2.05) is 6.92 Å². The third-order valence-electron chi connectivity index (χ3n) is 4.69. The first-order valence-corrected chi connectivity index (χ1v) is 11.0. The lowest BCUT2D eigenvalue weighted by Gasteiger charge is -2.35. The van der Waals surface area contributed by atoms with Crippen molar-refractivity contribution in [1.82, 2.24) is 19.9 Å². The number of nitrogens with zero attached hydrogens (tertiary/aromatic N) is 4. The number of hydrogen-bond donors (Lipinski definition) is 1. The molecule has 1 amide bonds. The average molecular weight is 476 g/mol. The van der Waals surface area contributed by atoms with E-state index in [4.69, 9.17) is 11.6 Å². The second-order valence-corrected chi connectivity index (χ2v) is 8.35. The minimum atomic E-state index is -4.51. The van der Waals surface area contributed by atoms with Crippen LogP contribution in [-0.4, -0.2) is 57.7 Å². The molecule has 2 aromatic heterocycles. The number of amides is 1. The van der Waals surface area contributed by atoms with Crippen molar-refractivity contribution in [3.05, 3.63) is 45.0 Å². The summed E-state index contributed by atoms with van der Waals surface area (Å²) in [6.45, 7) is 3.56. The van der Waals surface area contributed by atoms with Gasteiger partial charge in [0, 0.05) is 44.1 Å². The molecule has 0 spiro atoms. The average Bonchev–Trinajstić information content (AvgIpc) is 2.71. The maximum Gasteiger partial charge on any atom is 0.417 e. The number of halogens is 4. The van der Waals surface area contributed by atoms with Gasteiger partial charge in [0.15, 0.2) is 5.16 Å². The molecule has 168 valence electrons. The van der Waals surface area contributed by atoms with Crippen LogP contribution in [0.25, 0.3) is 0 Å². The van der Waals surface area contributed by atoms with E-state index in [1.54, 1.807) is 9.80 Å². The number of aromatic amines is 1. The van der Waals surface area contributed by atoms with Crippen LogP contribution in [-0.2, 0) is 17.4 Å². The quantitative estimate of drug-likeness (QED) is 0.510. The summed E-state index contributed by atoms with van der Waals surface area (Å²) in [5.41, 5.74) is -0.458. The molecule has 2 aromatic rings. The summed E-state index contributed by atoms with van der Waals surface area (Å²) >= 11 is 7.18. The van der Waals surface area contributed by atoms with Crippen molar-refractivity contribution in [1.29, 1.82) is 0 Å². The molecule has 0 bridgehead atoms. The molecule has 0 unspecified atom stereocenters. The van der Waals surface area contributed by atoms with Crippen LogP contribution in [0.4, 0.5) is 19.0 Å². The fourth-order valence-electron chi connectivity index (χ4n) is 3.14. The van der Waals surface area contributed by atoms with Crippen LogP contribution in [0.2, 0.25) is 5.02 Å². The standard InChI is InChI=1S/C19H21ClF3N5O2S/c1-2-3-13-9-15(29)26-18(25-13)31-11-16(30)27-4-6-28(7-5-27)17-14(20)8-12(10-24-17)19(21,22)23/h8-10H,2-7,11H2,1H3,(H,25,26,29). The van der Waals surface area contributed by atoms with E-state index in [0.717, 1.165) is 18.7 Å². The molecule has 1 aliphatic rings. The van der Waals surface area contributed by atoms with Gasteiger partial charge in [-0.2, -0.15) is 13.2 Å². The second-order valence-electron chi connectivity index (χ2n) is 6.98. The van der Waals surface area contributed by atoms with Gasteiger partial charge < -0.3 is 14.8 Å². The summed E-state index contributed by atoms with van der Waals surface area (Å²) < 4.78 is 38.3. The Morgan fingerprint density at radius 1 is 1.26 bits per heavy atom. The minimum Gasteiger partial charge on any atom is -0.352 e. The van der Waals surface area contributed by atoms with Gasteiger partial charge in [0.05, 0.1) is 16.3 Å². The Balaban J connectivity index is 1.55. The highest BCUT2D eigenvalue weighted by molar-refractivity contribution is 7.99. The Hall–Kier alpha value is -2.27. The van der Waals surface area contributed by atoms with Crippen molar-refractivity contribution in [2.45, 2.75) is 31.1 Å². The van der Waals surface area contributed by atoms with Crippen LogP contribution in [0, 0.1) is 0 Å². The number of piperazine rings is 1. The largest absolute Gasteiger partial charge is 0.417 e. The molecule has 0 saturated carbocycles. The lowest BCUT2D eigenvalue weighted by Crippen LogP contribution is -2.49. The zero-order chi connectivity index (χ0) is 22.6. The van der Waals surface area contributed by atoms with Crippen LogP contribution in [0.5, 0.6) is 0 Å². The molecule has 0 aliphatic carbocycles. The van der Waals surface area contributed by atoms with Crippen LogP contribution in [0.15, 0.2) is 28.3 Å². The summed E-state index contributed by atoms with van der Waals surface area (Å²) in [5, 5.41) is 0.329. The van der Waals surface area contributed by atoms with Crippen molar-refractivity contribution in [3.63, 3.8) is 0 Å². The van der Waals surface area contributed by atoms with Crippen LogP contribution >= 0.6 is 23.4 Å². The zero-order valence-electron chi connectivity index (χ0n) is 16.7. The van der Waals surface area contributed by atoms with E-state index < -0.39 is 11.7 Å². The van der Waals surface area contributed by atoms with E-state index >= 15 is 0 Å². The fraction of sp³-hybridized carbons (Fsp3) is 0.474. The van der Waals surface area contributed by atoms with Gasteiger partial charge in [-0.3, -0.25) is 9.59 Å². The van der Waals surface area contributed by atoms with Gasteiger partial charge in [-0.05, 0) is 12.5 Å². The molecule has 3 heterocycles. The van der Waals surface area contributed by atoms with Gasteiger partial charge >= 0.3 is 6.18 Å². The van der Waals surface area contributed by atoms with Crippen LogP contribution in [0.3, 0.4) is 0 Å². The summed E-state index contributed by atoms with van der Waals surface area (Å²) in [6, 6.07) is 2.31. The first-order chi connectivity index (χ1) is 14.7. The number of thioether (sulfide) groups is 1. The number of rotatable bonds is 6. The van der Waals surface area contributed by atoms with Crippen LogP contribution < -0.4 is 10.5 Å². The molecular weight excluding hydrogens is 455 g/mol. The molecular formula is C19H21ClF3N5O2S. The highest BCUT2D eigenvalue weighted by atomic mass is 35.5. The Morgan fingerprint density at radius 3 is 2.58 bits per heavy atom. The number of aromatic nitrogens is 3. The first-order valence-electron chi connectivity index (χ1n) is 9.66.